The molecule has 0 aliphatic rings. The maximum atomic E-state index is 12.7. The third-order valence-electron chi connectivity index (χ3n) is 4.53. The summed E-state index contributed by atoms with van der Waals surface area (Å²) in [7, 11) is 3.15. The highest BCUT2D eigenvalue weighted by molar-refractivity contribution is 8.00. The summed E-state index contributed by atoms with van der Waals surface area (Å²) in [5.41, 5.74) is 2.56. The smallest absolute Gasteiger partial charge is 0.277 e. The van der Waals surface area contributed by atoms with Crippen molar-refractivity contribution in [1.82, 2.24) is 10.2 Å². The number of thioether (sulfide) groups is 1. The molecule has 3 rings (SSSR count). The van der Waals surface area contributed by atoms with E-state index in [0.29, 0.717) is 34.1 Å². The van der Waals surface area contributed by atoms with Gasteiger partial charge < -0.3 is 19.2 Å². The highest BCUT2D eigenvalue weighted by Crippen LogP contribution is 2.34. The van der Waals surface area contributed by atoms with Gasteiger partial charge in [-0.25, -0.2) is 0 Å². The molecule has 0 aliphatic carbocycles. The third kappa shape index (κ3) is 4.94. The number of hydrogen-bond donors (Lipinski definition) is 1. The Morgan fingerprint density at radius 3 is 2.53 bits per heavy atom. The number of nitrogens with zero attached hydrogens (tertiary/aromatic N) is 2. The predicted molar refractivity (Wildman–Crippen MR) is 117 cm³/mol. The normalized spacial score (nSPS) is 11.9. The first-order valence-electron chi connectivity index (χ1n) is 9.55. The number of benzene rings is 2. The van der Waals surface area contributed by atoms with Crippen LogP contribution in [0.15, 0.2) is 52.1 Å². The Bertz CT molecular complexity index is 1020. The molecule has 1 aromatic heterocycles. The van der Waals surface area contributed by atoms with Crippen molar-refractivity contribution in [3.63, 3.8) is 0 Å². The molecule has 2 aromatic carbocycles. The van der Waals surface area contributed by atoms with Gasteiger partial charge in [0.15, 0.2) is 0 Å². The minimum Gasteiger partial charge on any atom is -0.497 e. The van der Waals surface area contributed by atoms with Gasteiger partial charge in [-0.15, -0.1) is 10.2 Å². The highest BCUT2D eigenvalue weighted by Gasteiger charge is 2.21. The summed E-state index contributed by atoms with van der Waals surface area (Å²) >= 11 is 1.20. The van der Waals surface area contributed by atoms with Crippen LogP contribution in [0.2, 0.25) is 0 Å². The van der Waals surface area contributed by atoms with Crippen molar-refractivity contribution < 1.29 is 18.7 Å². The third-order valence-corrected chi connectivity index (χ3v) is 5.47. The van der Waals surface area contributed by atoms with Crippen LogP contribution in [0.4, 0.5) is 5.69 Å². The van der Waals surface area contributed by atoms with Crippen LogP contribution < -0.4 is 14.8 Å². The lowest BCUT2D eigenvalue weighted by Crippen LogP contribution is -2.23. The van der Waals surface area contributed by atoms with E-state index in [-0.39, 0.29) is 5.91 Å². The number of carbonyl (C=O) groups excluding carboxylic acids is 1. The van der Waals surface area contributed by atoms with Crippen LogP contribution in [0.3, 0.4) is 0 Å². The average molecular weight is 428 g/mol. The Morgan fingerprint density at radius 1 is 1.07 bits per heavy atom. The first kappa shape index (κ1) is 21.7. The van der Waals surface area contributed by atoms with E-state index in [1.54, 1.807) is 39.3 Å². The van der Waals surface area contributed by atoms with Gasteiger partial charge in [0.2, 0.25) is 5.91 Å². The Balaban J connectivity index is 1.71. The summed E-state index contributed by atoms with van der Waals surface area (Å²) in [4.78, 5) is 12.7. The second kappa shape index (κ2) is 9.67. The second-order valence-corrected chi connectivity index (χ2v) is 8.22. The molecule has 3 aromatic rings. The lowest BCUT2D eigenvalue weighted by atomic mass is 10.0. The summed E-state index contributed by atoms with van der Waals surface area (Å²) in [6.45, 7) is 5.99. The molecule has 0 fully saturated rings. The lowest BCUT2D eigenvalue weighted by molar-refractivity contribution is -0.115. The van der Waals surface area contributed by atoms with Crippen LogP contribution in [0.1, 0.15) is 32.3 Å². The first-order chi connectivity index (χ1) is 14.4. The molecule has 7 nitrogen and oxygen atoms in total. The van der Waals surface area contributed by atoms with Crippen LogP contribution in [0.25, 0.3) is 11.5 Å². The molecule has 1 heterocycles. The molecule has 1 unspecified atom stereocenters. The molecule has 1 N–H and O–H groups in total. The predicted octanol–water partition coefficient (Wildman–Crippen LogP) is 5.00. The van der Waals surface area contributed by atoms with Gasteiger partial charge in [0.1, 0.15) is 11.5 Å². The molecule has 0 radical (unpaired) electrons. The molecule has 158 valence electrons. The van der Waals surface area contributed by atoms with Gasteiger partial charge in [-0.1, -0.05) is 43.8 Å². The summed E-state index contributed by atoms with van der Waals surface area (Å²) in [5, 5.41) is 11.0. The van der Waals surface area contributed by atoms with E-state index >= 15 is 0 Å². The van der Waals surface area contributed by atoms with Crippen molar-refractivity contribution in [1.29, 1.82) is 0 Å². The number of rotatable bonds is 8. The molecule has 0 saturated carbocycles. The Labute approximate surface area is 180 Å². The number of nitrogens with one attached hydrogen (secondary N) is 1. The van der Waals surface area contributed by atoms with Gasteiger partial charge in [-0.2, -0.15) is 0 Å². The molecular formula is C22H25N3O4S. The second-order valence-electron chi connectivity index (χ2n) is 6.93. The van der Waals surface area contributed by atoms with Crippen molar-refractivity contribution in [2.75, 3.05) is 19.5 Å². The quantitative estimate of drug-likeness (QED) is 0.506. The van der Waals surface area contributed by atoms with Gasteiger partial charge in [-0.3, -0.25) is 4.79 Å². The fraction of sp³-hybridized carbons (Fsp3) is 0.318. The fourth-order valence-electron chi connectivity index (χ4n) is 2.89. The molecule has 0 aliphatic heterocycles. The molecule has 0 saturated heterocycles. The molecular weight excluding hydrogens is 402 g/mol. The minimum atomic E-state index is -0.420. The summed E-state index contributed by atoms with van der Waals surface area (Å²) in [6.07, 6.45) is 0. The van der Waals surface area contributed by atoms with Gasteiger partial charge in [0.25, 0.3) is 11.1 Å². The highest BCUT2D eigenvalue weighted by atomic mass is 32.2. The standard InChI is InChI=1S/C22H25N3O4S/c1-13(2)16-8-6-7-9-18(16)23-20(26)14(3)30-22-25-24-21(29-22)17-11-10-15(27-4)12-19(17)28-5/h6-14H,1-5H3,(H,23,26). The maximum absolute atomic E-state index is 12.7. The van der Waals surface area contributed by atoms with Crippen molar-refractivity contribution in [3.8, 4) is 23.0 Å². The zero-order valence-electron chi connectivity index (χ0n) is 17.6. The molecule has 1 amide bonds. The Hall–Kier alpha value is -3.00. The lowest BCUT2D eigenvalue weighted by Gasteiger charge is -2.15. The number of methoxy groups -OCH3 is 2. The molecule has 1 atom stereocenters. The van der Waals surface area contributed by atoms with Crippen LogP contribution in [0.5, 0.6) is 11.5 Å². The number of para-hydroxylation sites is 1. The summed E-state index contributed by atoms with van der Waals surface area (Å²) < 4.78 is 16.4. The van der Waals surface area contributed by atoms with E-state index < -0.39 is 5.25 Å². The molecule has 0 bridgehead atoms. The Morgan fingerprint density at radius 2 is 1.83 bits per heavy atom. The van der Waals surface area contributed by atoms with Gasteiger partial charge in [0.05, 0.1) is 25.0 Å². The molecule has 0 spiro atoms. The van der Waals surface area contributed by atoms with Crippen molar-refractivity contribution in [3.05, 3.63) is 48.0 Å². The number of carbonyl (C=O) groups is 1. The van der Waals surface area contributed by atoms with E-state index in [4.69, 9.17) is 13.9 Å². The van der Waals surface area contributed by atoms with Gasteiger partial charge >= 0.3 is 0 Å². The van der Waals surface area contributed by atoms with Crippen LogP contribution >= 0.6 is 11.8 Å². The van der Waals surface area contributed by atoms with E-state index in [1.807, 2.05) is 24.3 Å². The molecule has 30 heavy (non-hydrogen) atoms. The number of aromatic nitrogens is 2. The number of hydrogen-bond acceptors (Lipinski definition) is 7. The van der Waals surface area contributed by atoms with E-state index in [0.717, 1.165) is 11.3 Å². The molecule has 8 heteroatoms. The van der Waals surface area contributed by atoms with Crippen molar-refractivity contribution >= 4 is 23.4 Å². The van der Waals surface area contributed by atoms with E-state index in [2.05, 4.69) is 29.4 Å². The minimum absolute atomic E-state index is 0.130. The zero-order chi connectivity index (χ0) is 21.7. The topological polar surface area (TPSA) is 86.5 Å². The SMILES string of the molecule is COc1ccc(-c2nnc(SC(C)C(=O)Nc3ccccc3C(C)C)o2)c(OC)c1. The van der Waals surface area contributed by atoms with Crippen molar-refractivity contribution in [2.45, 2.75) is 37.2 Å². The maximum Gasteiger partial charge on any atom is 0.277 e. The summed E-state index contributed by atoms with van der Waals surface area (Å²) in [5.74, 6) is 1.72. The fourth-order valence-corrected chi connectivity index (χ4v) is 3.58. The number of anilines is 1. The van der Waals surface area contributed by atoms with Crippen molar-refractivity contribution in [2.24, 2.45) is 0 Å². The number of amides is 1. The van der Waals surface area contributed by atoms with Gasteiger partial charge in [-0.05, 0) is 36.6 Å². The Kier molecular flexibility index (Phi) is 6.99. The number of ether oxygens (including phenoxy) is 2. The first-order valence-corrected chi connectivity index (χ1v) is 10.4. The van der Waals surface area contributed by atoms with Crippen LogP contribution in [-0.2, 0) is 4.79 Å². The van der Waals surface area contributed by atoms with E-state index in [1.165, 1.54) is 11.8 Å². The summed E-state index contributed by atoms with van der Waals surface area (Å²) in [6, 6.07) is 13.1. The largest absolute Gasteiger partial charge is 0.497 e. The van der Waals surface area contributed by atoms with E-state index in [9.17, 15) is 4.79 Å². The van der Waals surface area contributed by atoms with Crippen LogP contribution in [0, 0.1) is 0 Å². The zero-order valence-corrected chi connectivity index (χ0v) is 18.4. The van der Waals surface area contributed by atoms with Gasteiger partial charge in [0, 0.05) is 11.8 Å². The van der Waals surface area contributed by atoms with Crippen LogP contribution in [-0.4, -0.2) is 35.6 Å². The average Bonchev–Trinajstić information content (AvgIpc) is 3.21. The monoisotopic (exact) mass is 427 g/mol.